The molecule has 0 aliphatic carbocycles. The highest BCUT2D eigenvalue weighted by atomic mass is 16.5. The average Bonchev–Trinajstić information content (AvgIpc) is 2.70. The van der Waals surface area contributed by atoms with E-state index in [0.29, 0.717) is 41.8 Å². The smallest absolute Gasteiger partial charge is 0.319 e. The zero-order valence-corrected chi connectivity index (χ0v) is 17.2. The number of amides is 2. The number of hydrogen-bond donors (Lipinski definition) is 4. The lowest BCUT2D eigenvalue weighted by atomic mass is 10.1. The van der Waals surface area contributed by atoms with Crippen LogP contribution in [0.2, 0.25) is 0 Å². The summed E-state index contributed by atoms with van der Waals surface area (Å²) in [6.45, 7) is 5.28. The van der Waals surface area contributed by atoms with Crippen LogP contribution >= 0.6 is 0 Å². The molecule has 0 fully saturated rings. The average molecular weight is 399 g/mol. The van der Waals surface area contributed by atoms with Crippen molar-refractivity contribution in [2.45, 2.75) is 33.2 Å². The Balaban J connectivity index is 1.92. The Morgan fingerprint density at radius 2 is 1.97 bits per heavy atom. The van der Waals surface area contributed by atoms with Gasteiger partial charge in [-0.25, -0.2) is 4.79 Å². The van der Waals surface area contributed by atoms with Gasteiger partial charge in [0.05, 0.1) is 13.7 Å². The predicted octanol–water partition coefficient (Wildman–Crippen LogP) is 4.12. The van der Waals surface area contributed by atoms with Crippen LogP contribution in [0.25, 0.3) is 0 Å². The molecule has 2 aromatic carbocycles. The van der Waals surface area contributed by atoms with Gasteiger partial charge >= 0.3 is 6.03 Å². The molecule has 2 aromatic rings. The summed E-state index contributed by atoms with van der Waals surface area (Å²) in [5, 5.41) is 13.1. The van der Waals surface area contributed by atoms with Crippen molar-refractivity contribution in [1.82, 2.24) is 5.32 Å². The van der Waals surface area contributed by atoms with Crippen LogP contribution in [-0.4, -0.2) is 25.6 Å². The molecule has 0 atom stereocenters. The Morgan fingerprint density at radius 3 is 2.66 bits per heavy atom. The first-order valence-corrected chi connectivity index (χ1v) is 9.68. The molecule has 2 amide bonds. The fourth-order valence-electron chi connectivity index (χ4n) is 2.75. The maximum atomic E-state index is 12.2. The Hall–Kier alpha value is -3.22. The molecule has 29 heavy (non-hydrogen) atoms. The maximum absolute atomic E-state index is 12.2. The molecule has 0 aliphatic heterocycles. The Kier molecular flexibility index (Phi) is 8.33. The zero-order chi connectivity index (χ0) is 21.2. The Bertz CT molecular complexity index is 837. The van der Waals surface area contributed by atoms with Gasteiger partial charge in [-0.05, 0) is 42.5 Å². The molecule has 7 heteroatoms. The van der Waals surface area contributed by atoms with E-state index in [9.17, 15) is 4.79 Å². The molecule has 0 aromatic heterocycles. The normalized spacial score (nSPS) is 10.5. The summed E-state index contributed by atoms with van der Waals surface area (Å²) in [6, 6.07) is 12.1. The third kappa shape index (κ3) is 7.37. The van der Waals surface area contributed by atoms with E-state index in [4.69, 9.17) is 20.6 Å². The molecular weight excluding hydrogens is 368 g/mol. The van der Waals surface area contributed by atoms with E-state index in [1.54, 1.807) is 43.5 Å². The molecule has 7 nitrogen and oxygen atoms in total. The quantitative estimate of drug-likeness (QED) is 0.274. The Morgan fingerprint density at radius 1 is 1.17 bits per heavy atom. The minimum absolute atomic E-state index is 0.00421. The maximum Gasteiger partial charge on any atom is 0.319 e. The number of nitrogen functional groups attached to an aromatic ring is 1. The van der Waals surface area contributed by atoms with Gasteiger partial charge in [-0.3, -0.25) is 5.41 Å². The summed E-state index contributed by atoms with van der Waals surface area (Å²) in [5.41, 5.74) is 7.59. The first-order chi connectivity index (χ1) is 13.9. The summed E-state index contributed by atoms with van der Waals surface area (Å²) < 4.78 is 11.2. The number of nitrogens with one attached hydrogen (secondary N) is 3. The topological polar surface area (TPSA) is 109 Å². The van der Waals surface area contributed by atoms with Gasteiger partial charge < -0.3 is 25.8 Å². The number of ether oxygens (including phenoxy) is 2. The minimum Gasteiger partial charge on any atom is -0.493 e. The molecule has 0 heterocycles. The highest BCUT2D eigenvalue weighted by molar-refractivity contribution is 5.95. The molecule has 0 saturated carbocycles. The lowest BCUT2D eigenvalue weighted by molar-refractivity contribution is 0.251. The third-order valence-corrected chi connectivity index (χ3v) is 4.30. The van der Waals surface area contributed by atoms with E-state index in [1.165, 1.54) is 0 Å². The second-order valence-electron chi connectivity index (χ2n) is 7.17. The van der Waals surface area contributed by atoms with E-state index >= 15 is 0 Å². The minimum atomic E-state index is -0.339. The van der Waals surface area contributed by atoms with Crippen LogP contribution in [0.4, 0.5) is 10.5 Å². The van der Waals surface area contributed by atoms with Crippen LogP contribution in [0.3, 0.4) is 0 Å². The number of carbonyl (C=O) groups is 1. The number of nitrogens with two attached hydrogens (primary N) is 1. The SMILES string of the molecule is COc1ccc(NC(=O)NCc2cccc(C(=N)N)c2)cc1OCCCC(C)C. The highest BCUT2D eigenvalue weighted by Crippen LogP contribution is 2.30. The van der Waals surface area contributed by atoms with Crippen molar-refractivity contribution in [3.63, 3.8) is 0 Å². The van der Waals surface area contributed by atoms with E-state index in [-0.39, 0.29) is 11.9 Å². The van der Waals surface area contributed by atoms with Crippen LogP contribution in [0.1, 0.15) is 37.8 Å². The fraction of sp³-hybridized carbons (Fsp3) is 0.364. The summed E-state index contributed by atoms with van der Waals surface area (Å²) in [6.07, 6.45) is 2.05. The molecule has 5 N–H and O–H groups in total. The molecule has 0 aliphatic rings. The van der Waals surface area contributed by atoms with Crippen molar-refractivity contribution >= 4 is 17.6 Å². The van der Waals surface area contributed by atoms with E-state index in [1.807, 2.05) is 6.07 Å². The molecule has 0 unspecified atom stereocenters. The van der Waals surface area contributed by atoms with Gasteiger partial charge in [-0.2, -0.15) is 0 Å². The number of rotatable bonds is 10. The van der Waals surface area contributed by atoms with Gasteiger partial charge in [0.15, 0.2) is 11.5 Å². The number of amidine groups is 1. The monoisotopic (exact) mass is 398 g/mol. The van der Waals surface area contributed by atoms with Crippen LogP contribution in [0.15, 0.2) is 42.5 Å². The second-order valence-corrected chi connectivity index (χ2v) is 7.17. The number of methoxy groups -OCH3 is 1. The number of benzene rings is 2. The van der Waals surface area contributed by atoms with Crippen molar-refractivity contribution in [3.05, 3.63) is 53.6 Å². The predicted molar refractivity (Wildman–Crippen MR) is 116 cm³/mol. The summed E-state index contributed by atoms with van der Waals surface area (Å²) in [5.74, 6) is 1.86. The first kappa shape index (κ1) is 22.1. The van der Waals surface area contributed by atoms with Crippen LogP contribution in [-0.2, 0) is 6.54 Å². The summed E-state index contributed by atoms with van der Waals surface area (Å²) >= 11 is 0. The molecule has 156 valence electrons. The summed E-state index contributed by atoms with van der Waals surface area (Å²) in [4.78, 5) is 12.2. The Labute approximate surface area is 172 Å². The second kappa shape index (κ2) is 10.9. The van der Waals surface area contributed by atoms with E-state index in [2.05, 4.69) is 24.5 Å². The molecular formula is C22H30N4O3. The molecule has 2 rings (SSSR count). The van der Waals surface area contributed by atoms with Gasteiger partial charge in [0.2, 0.25) is 0 Å². The standard InChI is InChI=1S/C22H30N4O3/c1-15(2)6-5-11-29-20-13-18(9-10-19(20)28-3)26-22(27)25-14-16-7-4-8-17(12-16)21(23)24/h4,7-10,12-13,15H,5-6,11,14H2,1-3H3,(H3,23,24)(H2,25,26,27). The van der Waals surface area contributed by atoms with Gasteiger partial charge in [-0.15, -0.1) is 0 Å². The summed E-state index contributed by atoms with van der Waals surface area (Å²) in [7, 11) is 1.59. The number of hydrogen-bond acceptors (Lipinski definition) is 4. The van der Waals surface area contributed by atoms with Gasteiger partial charge in [0.1, 0.15) is 5.84 Å². The number of carbonyl (C=O) groups excluding carboxylic acids is 1. The third-order valence-electron chi connectivity index (χ3n) is 4.30. The molecule has 0 spiro atoms. The van der Waals surface area contributed by atoms with Crippen molar-refractivity contribution < 1.29 is 14.3 Å². The van der Waals surface area contributed by atoms with Crippen LogP contribution < -0.4 is 25.8 Å². The van der Waals surface area contributed by atoms with Crippen molar-refractivity contribution in [2.24, 2.45) is 11.7 Å². The van der Waals surface area contributed by atoms with Crippen molar-refractivity contribution in [3.8, 4) is 11.5 Å². The van der Waals surface area contributed by atoms with E-state index in [0.717, 1.165) is 18.4 Å². The van der Waals surface area contributed by atoms with Crippen LogP contribution in [0, 0.1) is 11.3 Å². The first-order valence-electron chi connectivity index (χ1n) is 9.68. The highest BCUT2D eigenvalue weighted by Gasteiger charge is 2.09. The largest absolute Gasteiger partial charge is 0.493 e. The molecule has 0 bridgehead atoms. The van der Waals surface area contributed by atoms with Crippen LogP contribution in [0.5, 0.6) is 11.5 Å². The number of anilines is 1. The van der Waals surface area contributed by atoms with Crippen molar-refractivity contribution in [2.75, 3.05) is 19.0 Å². The van der Waals surface area contributed by atoms with E-state index < -0.39 is 0 Å². The number of urea groups is 1. The lowest BCUT2D eigenvalue weighted by Crippen LogP contribution is -2.28. The van der Waals surface area contributed by atoms with Gasteiger partial charge in [-0.1, -0.05) is 32.0 Å². The van der Waals surface area contributed by atoms with Gasteiger partial charge in [0.25, 0.3) is 0 Å². The fourth-order valence-corrected chi connectivity index (χ4v) is 2.75. The lowest BCUT2D eigenvalue weighted by Gasteiger charge is -2.14. The van der Waals surface area contributed by atoms with Crippen molar-refractivity contribution in [1.29, 1.82) is 5.41 Å². The van der Waals surface area contributed by atoms with Gasteiger partial charge in [0, 0.05) is 23.9 Å². The zero-order valence-electron chi connectivity index (χ0n) is 17.2. The molecule has 0 saturated heterocycles. The molecule has 0 radical (unpaired) electrons.